The molecule has 0 saturated carbocycles. The lowest BCUT2D eigenvalue weighted by Crippen LogP contribution is -2.36. The van der Waals surface area contributed by atoms with Gasteiger partial charge in [-0.25, -0.2) is 54.1 Å². The zero-order valence-corrected chi connectivity index (χ0v) is 86.3. The van der Waals surface area contributed by atoms with Gasteiger partial charge < -0.3 is 83.1 Å². The van der Waals surface area contributed by atoms with Crippen LogP contribution in [0, 0.1) is 21.7 Å². The van der Waals surface area contributed by atoms with Gasteiger partial charge in [-0.2, -0.15) is 38.5 Å². The molecule has 0 saturated heterocycles. The predicted molar refractivity (Wildman–Crippen MR) is 552 cm³/mol. The molecule has 6 amide bonds. The van der Waals surface area contributed by atoms with Gasteiger partial charge in [0.25, 0.3) is 34.4 Å². The normalized spacial score (nSPS) is 11.6. The van der Waals surface area contributed by atoms with Gasteiger partial charge in [-0.15, -0.1) is 0 Å². The molecule has 14 aromatic heterocycles. The molecule has 0 aromatic carbocycles. The van der Waals surface area contributed by atoms with Crippen LogP contribution >= 0.6 is 23.2 Å². The average molecular weight is 2050 g/mol. The van der Waals surface area contributed by atoms with E-state index in [1.54, 1.807) is 198 Å². The van der Waals surface area contributed by atoms with Crippen molar-refractivity contribution in [3.05, 3.63) is 241 Å². The Hall–Kier alpha value is -16.0. The highest BCUT2D eigenvalue weighted by Crippen LogP contribution is 2.31. The summed E-state index contributed by atoms with van der Waals surface area (Å²) in [6.45, 7) is 31.8. The lowest BCUT2D eigenvalue weighted by atomic mass is 9.95. The van der Waals surface area contributed by atoms with Gasteiger partial charge >= 0.3 is 24.2 Å². The first kappa shape index (κ1) is 114. The number of nitrogen functional groups attached to an aromatic ring is 1. The summed E-state index contributed by atoms with van der Waals surface area (Å²) in [6.07, 6.45) is 13.1. The molecule has 778 valence electrons. The molecule has 0 aliphatic carbocycles. The lowest BCUT2D eigenvalue weighted by Gasteiger charge is -2.25. The molecule has 146 heavy (non-hydrogen) atoms. The molecule has 0 fully saturated rings. The van der Waals surface area contributed by atoms with Crippen LogP contribution in [0.3, 0.4) is 0 Å². The number of aromatic nitrogens is 18. The quantitative estimate of drug-likeness (QED) is 0.0177. The second-order valence-corrected chi connectivity index (χ2v) is 39.7. The van der Waals surface area contributed by atoms with E-state index < -0.39 is 69.1 Å². The highest BCUT2D eigenvalue weighted by Gasteiger charge is 2.32. The number of rotatable bonds is 26. The maximum atomic E-state index is 13.3. The monoisotopic (exact) mass is 2050 g/mol. The number of carbonyl (C=O) groups is 7. The second kappa shape index (κ2) is 48.4. The van der Waals surface area contributed by atoms with E-state index >= 15 is 0 Å². The fraction of sp³-hybridized carbons (Fsp3) is 0.371. The number of carboxylic acids is 1. The van der Waals surface area contributed by atoms with Crippen molar-refractivity contribution in [1.29, 1.82) is 0 Å². The molecule has 0 unspecified atom stereocenters. The Bertz CT molecular complexity index is 7140. The van der Waals surface area contributed by atoms with Crippen LogP contribution in [0.1, 0.15) is 159 Å². The van der Waals surface area contributed by atoms with Gasteiger partial charge in [0.2, 0.25) is 0 Å². The van der Waals surface area contributed by atoms with Crippen LogP contribution < -0.4 is 74.7 Å². The maximum Gasteiger partial charge on any atom is 0.415 e. The number of pyridine rings is 6. The average Bonchev–Trinajstić information content (AvgIpc) is 1.58. The molecule has 14 heterocycles. The fourth-order valence-electron chi connectivity index (χ4n) is 12.1. The van der Waals surface area contributed by atoms with Crippen molar-refractivity contribution in [2.45, 2.75) is 135 Å². The summed E-state index contributed by atoms with van der Waals surface area (Å²) in [5.41, 5.74) is 8.10. The van der Waals surface area contributed by atoms with E-state index in [2.05, 4.69) is 87.2 Å². The summed E-state index contributed by atoms with van der Waals surface area (Å²) in [5.74, 6) is 1.00. The van der Waals surface area contributed by atoms with Crippen molar-refractivity contribution < 1.29 is 73.3 Å². The van der Waals surface area contributed by atoms with E-state index in [1.165, 1.54) is 104 Å². The first-order chi connectivity index (χ1) is 68.5. The summed E-state index contributed by atoms with van der Waals surface area (Å²) in [4.78, 5) is 159. The Balaban J connectivity index is 0.000000206. The molecule has 0 aliphatic rings. The van der Waals surface area contributed by atoms with Crippen LogP contribution in [-0.2, 0) is 14.2 Å². The Morgan fingerprint density at radius 1 is 0.404 bits per heavy atom. The van der Waals surface area contributed by atoms with Gasteiger partial charge in [0.05, 0.1) is 30.5 Å². The molecule has 47 nitrogen and oxygen atoms in total. The largest absolute Gasteiger partial charge is 0.477 e. The first-order valence-corrected chi connectivity index (χ1v) is 46.1. The number of aromatic carboxylic acids is 1. The van der Waals surface area contributed by atoms with Crippen LogP contribution in [-0.4, -0.2) is 252 Å². The summed E-state index contributed by atoms with van der Waals surface area (Å²) >= 11 is 12.0. The molecule has 14 aromatic rings. The number of amides is 6. The van der Waals surface area contributed by atoms with Crippen molar-refractivity contribution in [3.8, 4) is 17.5 Å². The van der Waals surface area contributed by atoms with E-state index in [9.17, 15) is 63.3 Å². The number of nitrogens with one attached hydrogen (secondary N) is 6. The highest BCUT2D eigenvalue weighted by molar-refractivity contribution is 6.30. The predicted octanol–water partition coefficient (Wildman–Crippen LogP) is 10.7. The molecule has 0 aliphatic heterocycles. The number of nitrogens with zero attached hydrogens (tertiary/aromatic N) is 21. The van der Waals surface area contributed by atoms with Crippen molar-refractivity contribution in [2.24, 2.45) is 27.4 Å². The molecule has 49 heteroatoms. The Morgan fingerprint density at radius 2 is 0.712 bits per heavy atom. The Labute approximate surface area is 849 Å². The molecule has 15 N–H and O–H groups in total. The minimum atomic E-state index is -1.18. The van der Waals surface area contributed by atoms with Crippen LogP contribution in [0.2, 0.25) is 10.3 Å². The third kappa shape index (κ3) is 30.6. The minimum absolute atomic E-state index is 0.0425. The SMILES string of the molecule is CC(C)(CN)CO.CN(C(=O)OC(C)(C)C)c1cc(Cl)nc2c(C(=O)NCC(C)(C)CO)cnn12.CN(C(=O)OC(C)(C)C)c1cc(Cl)nc2c(C(=O)O)cnn12.CN(C(=O)OC(C)(C)C)c1cc(Nc2cccn(-c3ccccn3)c2=O)nc2c(C(=O)NCC(C)(C)CO)cnn12.CNc1cc(Nc2cccn(-c3ccccn3)c2=O)nc2c(C(=O)NCC(C)(C)CO)cnn12.Nc1cccn(-c2ccccn2)c1=O. The maximum absolute atomic E-state index is 13.3. The van der Waals surface area contributed by atoms with Gasteiger partial charge in [0, 0.05) is 157 Å². The van der Waals surface area contributed by atoms with Gasteiger partial charge in [-0.1, -0.05) is 96.8 Å². The van der Waals surface area contributed by atoms with Crippen LogP contribution in [0.5, 0.6) is 0 Å². The number of aliphatic hydroxyl groups excluding tert-OH is 4. The summed E-state index contributed by atoms with van der Waals surface area (Å²) in [7, 11) is 6.22. The van der Waals surface area contributed by atoms with Crippen LogP contribution in [0.25, 0.3) is 40.0 Å². The molecular formula is C97H123Cl2N29O18. The Morgan fingerprint density at radius 3 is 1.03 bits per heavy atom. The van der Waals surface area contributed by atoms with Crippen LogP contribution in [0.4, 0.5) is 66.4 Å². The zero-order valence-electron chi connectivity index (χ0n) is 84.7. The smallest absolute Gasteiger partial charge is 0.415 e. The number of hydrogen-bond acceptors (Lipinski definition) is 33. The van der Waals surface area contributed by atoms with E-state index in [1.807, 2.05) is 61.5 Å². The number of carbonyl (C=O) groups excluding carboxylic acids is 6. The first-order valence-electron chi connectivity index (χ1n) is 45.3. The van der Waals surface area contributed by atoms with E-state index in [4.69, 9.17) is 59.1 Å². The van der Waals surface area contributed by atoms with Crippen molar-refractivity contribution in [1.82, 2.24) is 103 Å². The third-order valence-electron chi connectivity index (χ3n) is 20.6. The summed E-state index contributed by atoms with van der Waals surface area (Å²) in [6, 6.07) is 31.9. The number of aliphatic hydroxyl groups is 4. The van der Waals surface area contributed by atoms with Crippen LogP contribution in [0.15, 0.2) is 192 Å². The van der Waals surface area contributed by atoms with Gasteiger partial charge in [0.15, 0.2) is 22.6 Å². The molecule has 14 rings (SSSR count). The molecule has 0 atom stereocenters. The number of hydrogen-bond donors (Lipinski definition) is 13. The number of anilines is 9. The number of halogens is 2. The number of nitrogens with two attached hydrogens (primary N) is 2. The number of fused-ring (bicyclic) bond motifs is 4. The highest BCUT2D eigenvalue weighted by atomic mass is 35.5. The Kier molecular flexibility index (Phi) is 37.7. The standard InChI is InChI=1S/C28H34N8O5.C23H26N8O3.C18H26ClN5O4.C13H15ClN4O4.C10H9N3O.C5H13NO/c1-27(2,3)41-26(40)34(6)22-14-20(32-19-10-9-13-35(25(19)39)21-11-7-8-12-29-21)33-23-18(15-31-36(22)23)24(38)30-16-28(4,5)17-37;1-23(2,14-32)13-26-21(33)15-12-27-31-19(24-3)11-17(29-20(15)31)28-16-7-6-10-30(22(16)34)18-8-4-5-9-25-18;1-17(2,3)28-16(27)23(6)13-7-12(19)22-14-11(8-21-24(13)14)15(26)20-9-18(4,5)10-25;1-13(2,3)22-12(21)17(4)9-5-8(14)16-10-7(11(19)20)6-15-18(9)10;11-8-4-3-7-13(10(8)14)9-5-1-2-6-12-9;1-5(2,3-6)4-7/h7-15,37H,16-17H2,1-6H3,(H,30,38)(H,32,33);4-12,24,32H,13-14H2,1-3H3,(H,26,33)(H,28,29);7-8,25H,9-10H2,1-6H3,(H,20,26);5-6H,1-4H3,(H,19,20);1-7H,11H2;7H,3-4,6H2,1-2H3. The topological polar surface area (TPSA) is 608 Å². The fourth-order valence-corrected chi connectivity index (χ4v) is 12.5. The molecular weight excluding hydrogens is 1930 g/mol. The van der Waals surface area contributed by atoms with Crippen molar-refractivity contribution in [3.63, 3.8) is 0 Å². The van der Waals surface area contributed by atoms with Crippen molar-refractivity contribution in [2.75, 3.05) is 117 Å². The number of ether oxygens (including phenoxy) is 3. The summed E-state index contributed by atoms with van der Waals surface area (Å²) in [5, 5.41) is 80.3. The van der Waals surface area contributed by atoms with E-state index in [0.717, 1.165) is 6.20 Å². The van der Waals surface area contributed by atoms with Crippen molar-refractivity contribution >= 4 is 140 Å². The zero-order chi connectivity index (χ0) is 108. The van der Waals surface area contributed by atoms with Gasteiger partial charge in [0.1, 0.15) is 113 Å². The molecule has 0 spiro atoms. The second-order valence-electron chi connectivity index (χ2n) is 38.9. The van der Waals surface area contributed by atoms with E-state index in [0.29, 0.717) is 52.8 Å². The molecule has 0 radical (unpaired) electrons. The van der Waals surface area contributed by atoms with E-state index in [-0.39, 0.29) is 152 Å². The molecule has 0 bridgehead atoms. The minimum Gasteiger partial charge on any atom is -0.477 e. The van der Waals surface area contributed by atoms with Gasteiger partial charge in [-0.05, 0) is 142 Å². The number of carboxylic acid groups (broad SMARTS) is 1. The summed E-state index contributed by atoms with van der Waals surface area (Å²) < 4.78 is 25.8. The van der Waals surface area contributed by atoms with Gasteiger partial charge in [-0.3, -0.25) is 57.2 Å². The lowest BCUT2D eigenvalue weighted by molar-refractivity contribution is 0.0577. The third-order valence-corrected chi connectivity index (χ3v) is 20.9.